The van der Waals surface area contributed by atoms with Crippen LogP contribution in [0.25, 0.3) is 0 Å². The molecule has 0 aliphatic rings. The van der Waals surface area contributed by atoms with Crippen molar-refractivity contribution < 1.29 is 28.6 Å². The minimum atomic E-state index is -0.780. The standard InChI is InChI=1S/C68H122O6/c1-4-7-10-13-16-19-22-24-26-28-30-31-32-33-34-35-36-37-39-40-42-44-46-49-52-55-58-61-67(70)73-64-65(63-72-66(69)60-57-54-51-48-21-18-15-12-9-6-3)74-68(71)62-59-56-53-50-47-45-43-41-38-29-27-25-23-20-17-14-11-8-5-2/h8,11,17,20,25,27-28,30,38,41,65H,4-7,9-10,12-16,18-19,21-24,26,29,31-37,39-40,42-64H2,1-3H3/b11-8-,20-17-,27-25-,30-28-,41-38-. The average molecular weight is 1040 g/mol. The molecule has 0 radical (unpaired) electrons. The molecule has 74 heavy (non-hydrogen) atoms. The molecule has 0 heterocycles. The molecule has 0 rings (SSSR count). The maximum atomic E-state index is 12.9. The van der Waals surface area contributed by atoms with Crippen LogP contribution in [0.15, 0.2) is 60.8 Å². The first kappa shape index (κ1) is 71.1. The zero-order valence-electron chi connectivity index (χ0n) is 49.4. The van der Waals surface area contributed by atoms with Crippen LogP contribution >= 0.6 is 0 Å². The molecule has 0 aromatic carbocycles. The highest BCUT2D eigenvalue weighted by Crippen LogP contribution is 2.17. The van der Waals surface area contributed by atoms with Gasteiger partial charge in [0.25, 0.3) is 0 Å². The maximum absolute atomic E-state index is 12.9. The topological polar surface area (TPSA) is 78.9 Å². The molecule has 0 bridgehead atoms. The zero-order chi connectivity index (χ0) is 53.6. The molecule has 0 fully saturated rings. The molecule has 0 spiro atoms. The molecule has 0 aliphatic carbocycles. The Bertz CT molecular complexity index is 1330. The summed E-state index contributed by atoms with van der Waals surface area (Å²) in [6.07, 6.45) is 79.6. The highest BCUT2D eigenvalue weighted by molar-refractivity contribution is 5.71. The first-order valence-electron chi connectivity index (χ1n) is 32.3. The van der Waals surface area contributed by atoms with E-state index >= 15 is 0 Å². The van der Waals surface area contributed by atoms with Gasteiger partial charge in [0.1, 0.15) is 13.2 Å². The predicted molar refractivity (Wildman–Crippen MR) is 321 cm³/mol. The van der Waals surface area contributed by atoms with E-state index < -0.39 is 6.10 Å². The lowest BCUT2D eigenvalue weighted by Gasteiger charge is -2.18. The van der Waals surface area contributed by atoms with Gasteiger partial charge in [-0.05, 0) is 83.5 Å². The van der Waals surface area contributed by atoms with Gasteiger partial charge < -0.3 is 14.2 Å². The van der Waals surface area contributed by atoms with Gasteiger partial charge in [0, 0.05) is 19.3 Å². The summed E-state index contributed by atoms with van der Waals surface area (Å²) in [5.41, 5.74) is 0. The van der Waals surface area contributed by atoms with E-state index in [0.29, 0.717) is 19.3 Å². The second-order valence-electron chi connectivity index (χ2n) is 21.6. The van der Waals surface area contributed by atoms with Crippen LogP contribution in [-0.2, 0) is 28.6 Å². The first-order valence-corrected chi connectivity index (χ1v) is 32.3. The van der Waals surface area contributed by atoms with E-state index in [-0.39, 0.29) is 31.1 Å². The van der Waals surface area contributed by atoms with Crippen LogP contribution in [-0.4, -0.2) is 37.2 Å². The number of unbranched alkanes of at least 4 members (excludes halogenated alkanes) is 38. The Morgan fingerprint density at radius 2 is 0.527 bits per heavy atom. The average Bonchev–Trinajstić information content (AvgIpc) is 3.40. The largest absolute Gasteiger partial charge is 0.462 e. The minimum Gasteiger partial charge on any atom is -0.462 e. The summed E-state index contributed by atoms with van der Waals surface area (Å²) in [6, 6.07) is 0. The van der Waals surface area contributed by atoms with Crippen molar-refractivity contribution in [3.63, 3.8) is 0 Å². The SMILES string of the molecule is CC/C=C\C/C=C\C/C=C\C/C=C\CCCCCCCCC(=O)OC(COC(=O)CCCCCCCCCCCC)COC(=O)CCCCCCCCCCCCCCCCC/C=C\CCCCCCCCCC. The van der Waals surface area contributed by atoms with Crippen LogP contribution in [0, 0.1) is 0 Å². The molecule has 6 heteroatoms. The van der Waals surface area contributed by atoms with Crippen LogP contribution in [0.3, 0.4) is 0 Å². The highest BCUT2D eigenvalue weighted by atomic mass is 16.6. The molecule has 1 unspecified atom stereocenters. The molecule has 0 N–H and O–H groups in total. The Morgan fingerprint density at radius 3 is 0.838 bits per heavy atom. The van der Waals surface area contributed by atoms with E-state index in [2.05, 4.69) is 81.5 Å². The number of ether oxygens (including phenoxy) is 3. The molecular weight excluding hydrogens is 913 g/mol. The van der Waals surface area contributed by atoms with Crippen LogP contribution in [0.4, 0.5) is 0 Å². The van der Waals surface area contributed by atoms with Crippen molar-refractivity contribution in [1.29, 1.82) is 0 Å². The monoisotopic (exact) mass is 1030 g/mol. The van der Waals surface area contributed by atoms with Crippen molar-refractivity contribution in [2.24, 2.45) is 0 Å². The van der Waals surface area contributed by atoms with Crippen molar-refractivity contribution in [3.05, 3.63) is 60.8 Å². The second-order valence-corrected chi connectivity index (χ2v) is 21.6. The van der Waals surface area contributed by atoms with Crippen molar-refractivity contribution in [2.45, 2.75) is 341 Å². The normalized spacial score (nSPS) is 12.4. The van der Waals surface area contributed by atoms with Crippen molar-refractivity contribution >= 4 is 17.9 Å². The summed E-state index contributed by atoms with van der Waals surface area (Å²) in [7, 11) is 0. The van der Waals surface area contributed by atoms with Crippen LogP contribution in [0.5, 0.6) is 0 Å². The molecule has 6 nitrogen and oxygen atoms in total. The number of esters is 3. The van der Waals surface area contributed by atoms with Crippen molar-refractivity contribution in [2.75, 3.05) is 13.2 Å². The molecule has 0 saturated heterocycles. The van der Waals surface area contributed by atoms with E-state index in [1.54, 1.807) is 0 Å². The Hall–Kier alpha value is -2.89. The van der Waals surface area contributed by atoms with Gasteiger partial charge in [-0.2, -0.15) is 0 Å². The third kappa shape index (κ3) is 60.0. The number of carbonyl (C=O) groups is 3. The molecule has 0 aliphatic heterocycles. The molecule has 0 amide bonds. The molecule has 430 valence electrons. The highest BCUT2D eigenvalue weighted by Gasteiger charge is 2.19. The lowest BCUT2D eigenvalue weighted by Crippen LogP contribution is -2.30. The molecule has 0 aromatic rings. The van der Waals surface area contributed by atoms with Gasteiger partial charge in [0.05, 0.1) is 0 Å². The second kappa shape index (κ2) is 62.6. The minimum absolute atomic E-state index is 0.0767. The Morgan fingerprint density at radius 1 is 0.284 bits per heavy atom. The Labute approximate surface area is 460 Å². The number of hydrogen-bond donors (Lipinski definition) is 0. The lowest BCUT2D eigenvalue weighted by atomic mass is 10.0. The van der Waals surface area contributed by atoms with E-state index in [1.165, 1.54) is 199 Å². The summed E-state index contributed by atoms with van der Waals surface area (Å²) in [4.78, 5) is 38.2. The quantitative estimate of drug-likeness (QED) is 0.0261. The summed E-state index contributed by atoms with van der Waals surface area (Å²) >= 11 is 0. The third-order valence-corrected chi connectivity index (χ3v) is 14.3. The predicted octanol–water partition coefficient (Wildman–Crippen LogP) is 21.9. The molecule has 1 atom stereocenters. The maximum Gasteiger partial charge on any atom is 0.306 e. The first-order chi connectivity index (χ1) is 36.5. The fraction of sp³-hybridized carbons (Fsp3) is 0.809. The summed E-state index contributed by atoms with van der Waals surface area (Å²) in [6.45, 7) is 6.54. The van der Waals surface area contributed by atoms with Crippen LogP contribution < -0.4 is 0 Å². The Kier molecular flexibility index (Phi) is 60.2. The summed E-state index contributed by atoms with van der Waals surface area (Å²) < 4.78 is 16.9. The van der Waals surface area contributed by atoms with E-state index in [4.69, 9.17) is 14.2 Å². The number of hydrogen-bond acceptors (Lipinski definition) is 6. The zero-order valence-corrected chi connectivity index (χ0v) is 49.4. The molecule has 0 aromatic heterocycles. The fourth-order valence-corrected chi connectivity index (χ4v) is 9.43. The lowest BCUT2D eigenvalue weighted by molar-refractivity contribution is -0.167. The van der Waals surface area contributed by atoms with Crippen LogP contribution in [0.2, 0.25) is 0 Å². The van der Waals surface area contributed by atoms with Crippen molar-refractivity contribution in [3.8, 4) is 0 Å². The van der Waals surface area contributed by atoms with E-state index in [0.717, 1.165) is 96.3 Å². The van der Waals surface area contributed by atoms with Gasteiger partial charge in [0.2, 0.25) is 0 Å². The molecule has 0 saturated carbocycles. The van der Waals surface area contributed by atoms with Gasteiger partial charge in [0.15, 0.2) is 6.10 Å². The van der Waals surface area contributed by atoms with Gasteiger partial charge in [-0.3, -0.25) is 14.4 Å². The van der Waals surface area contributed by atoms with Crippen LogP contribution in [0.1, 0.15) is 335 Å². The number of allylic oxidation sites excluding steroid dienone is 10. The third-order valence-electron chi connectivity index (χ3n) is 14.3. The van der Waals surface area contributed by atoms with Crippen molar-refractivity contribution in [1.82, 2.24) is 0 Å². The fourth-order valence-electron chi connectivity index (χ4n) is 9.43. The van der Waals surface area contributed by atoms with E-state index in [9.17, 15) is 14.4 Å². The van der Waals surface area contributed by atoms with Gasteiger partial charge in [-0.15, -0.1) is 0 Å². The van der Waals surface area contributed by atoms with Gasteiger partial charge in [-0.25, -0.2) is 0 Å². The Balaban J connectivity index is 4.19. The van der Waals surface area contributed by atoms with E-state index in [1.807, 2.05) is 0 Å². The molecular formula is C68H122O6. The smallest absolute Gasteiger partial charge is 0.306 e. The van der Waals surface area contributed by atoms with Gasteiger partial charge in [-0.1, -0.05) is 293 Å². The number of rotatable bonds is 59. The van der Waals surface area contributed by atoms with Gasteiger partial charge >= 0.3 is 17.9 Å². The summed E-state index contributed by atoms with van der Waals surface area (Å²) in [5, 5.41) is 0. The number of carbonyl (C=O) groups excluding carboxylic acids is 3. The summed E-state index contributed by atoms with van der Waals surface area (Å²) in [5.74, 6) is -0.876.